The first kappa shape index (κ1) is 16.8. The van der Waals surface area contributed by atoms with Crippen molar-refractivity contribution in [3.05, 3.63) is 17.0 Å². The molecule has 2 atom stereocenters. The molecule has 1 amide bonds. The molecule has 7 heteroatoms. The number of anilines is 1. The lowest BCUT2D eigenvalue weighted by atomic mass is 9.52. The second kappa shape index (κ2) is 6.06. The molecule has 26 heavy (non-hydrogen) atoms. The van der Waals surface area contributed by atoms with Crippen LogP contribution in [0.15, 0.2) is 6.20 Å². The summed E-state index contributed by atoms with van der Waals surface area (Å²) >= 11 is 6.00. The summed E-state index contributed by atoms with van der Waals surface area (Å²) in [6, 6.07) is 0.154. The van der Waals surface area contributed by atoms with Crippen molar-refractivity contribution >= 4 is 23.3 Å². The number of nitrogens with one attached hydrogen (secondary N) is 1. The third-order valence-electron chi connectivity index (χ3n) is 6.93. The molecule has 6 rings (SSSR count). The van der Waals surface area contributed by atoms with Gasteiger partial charge < -0.3 is 15.3 Å². The van der Waals surface area contributed by atoms with E-state index in [1.807, 2.05) is 0 Å². The van der Waals surface area contributed by atoms with Crippen molar-refractivity contribution < 1.29 is 9.90 Å². The number of hydrogen-bond donors (Lipinski definition) is 2. The molecule has 1 saturated heterocycles. The highest BCUT2D eigenvalue weighted by Crippen LogP contribution is 2.55. The number of aromatic nitrogens is 2. The highest BCUT2D eigenvalue weighted by atomic mass is 35.5. The molecule has 6 nitrogen and oxygen atoms in total. The molecule has 4 saturated carbocycles. The second-order valence-electron chi connectivity index (χ2n) is 8.76. The molecule has 140 valence electrons. The molecule has 4 bridgehead atoms. The third-order valence-corrected chi connectivity index (χ3v) is 7.11. The van der Waals surface area contributed by atoms with E-state index >= 15 is 0 Å². The maximum atomic E-state index is 13.1. The van der Waals surface area contributed by atoms with Gasteiger partial charge in [-0.1, -0.05) is 0 Å². The van der Waals surface area contributed by atoms with Gasteiger partial charge in [0.2, 0.25) is 5.28 Å². The van der Waals surface area contributed by atoms with Gasteiger partial charge in [0, 0.05) is 25.3 Å². The minimum Gasteiger partial charge on any atom is -0.390 e. The van der Waals surface area contributed by atoms with Crippen LogP contribution >= 0.6 is 11.6 Å². The number of nitrogens with zero attached hydrogens (tertiary/aromatic N) is 3. The van der Waals surface area contributed by atoms with E-state index in [9.17, 15) is 9.90 Å². The highest BCUT2D eigenvalue weighted by Gasteiger charge is 2.55. The summed E-state index contributed by atoms with van der Waals surface area (Å²) in [5, 5.41) is 14.2. The average Bonchev–Trinajstić information content (AvgIpc) is 3.11. The van der Waals surface area contributed by atoms with Gasteiger partial charge in [-0.05, 0) is 74.3 Å². The highest BCUT2D eigenvalue weighted by molar-refractivity contribution is 6.28. The standard InChI is InChI=1S/C19H25ClN4O2/c20-18-21-10-14(16(23-18)24-3-1-2-4-24)17(25)22-15-12-5-11-6-13(15)9-19(26,7-11)8-12/h10-13,15,26H,1-9H2,(H,22,25)/t11?,12?,13?,15-,19+. The van der Waals surface area contributed by atoms with Gasteiger partial charge >= 0.3 is 0 Å². The van der Waals surface area contributed by atoms with Crippen LogP contribution in [0.5, 0.6) is 0 Å². The average molecular weight is 377 g/mol. The van der Waals surface area contributed by atoms with E-state index in [0.29, 0.717) is 29.1 Å². The van der Waals surface area contributed by atoms with E-state index in [0.717, 1.165) is 58.0 Å². The fraction of sp³-hybridized carbons (Fsp3) is 0.737. The summed E-state index contributed by atoms with van der Waals surface area (Å²) < 4.78 is 0. The molecule has 5 fully saturated rings. The van der Waals surface area contributed by atoms with Gasteiger partial charge in [-0.3, -0.25) is 4.79 Å². The summed E-state index contributed by atoms with van der Waals surface area (Å²) in [6.45, 7) is 1.80. The molecule has 0 aromatic carbocycles. The normalized spacial score (nSPS) is 38.0. The van der Waals surface area contributed by atoms with E-state index in [2.05, 4.69) is 20.2 Å². The van der Waals surface area contributed by atoms with Crippen LogP contribution in [0.1, 0.15) is 55.3 Å². The largest absolute Gasteiger partial charge is 0.390 e. The smallest absolute Gasteiger partial charge is 0.256 e. The Hall–Kier alpha value is -1.40. The zero-order chi connectivity index (χ0) is 17.9. The lowest BCUT2D eigenvalue weighted by Gasteiger charge is -2.58. The van der Waals surface area contributed by atoms with Gasteiger partial charge in [0.05, 0.1) is 5.60 Å². The summed E-state index contributed by atoms with van der Waals surface area (Å²) in [5.41, 5.74) is 0.0331. The maximum absolute atomic E-state index is 13.1. The van der Waals surface area contributed by atoms with Crippen LogP contribution < -0.4 is 10.2 Å². The first-order chi connectivity index (χ1) is 12.5. The molecule has 2 heterocycles. The summed E-state index contributed by atoms with van der Waals surface area (Å²) in [4.78, 5) is 23.6. The van der Waals surface area contributed by atoms with Crippen LogP contribution in [0.25, 0.3) is 0 Å². The first-order valence-corrected chi connectivity index (χ1v) is 10.2. The van der Waals surface area contributed by atoms with Crippen molar-refractivity contribution in [3.8, 4) is 0 Å². The quantitative estimate of drug-likeness (QED) is 0.792. The Morgan fingerprint density at radius 3 is 2.58 bits per heavy atom. The van der Waals surface area contributed by atoms with Crippen molar-refractivity contribution in [2.45, 2.75) is 56.6 Å². The van der Waals surface area contributed by atoms with E-state index in [-0.39, 0.29) is 17.2 Å². The Morgan fingerprint density at radius 1 is 1.23 bits per heavy atom. The summed E-state index contributed by atoms with van der Waals surface area (Å²) in [7, 11) is 0. The molecule has 2 unspecified atom stereocenters. The number of rotatable bonds is 3. The molecule has 2 N–H and O–H groups in total. The van der Waals surface area contributed by atoms with Crippen LogP contribution in [0.3, 0.4) is 0 Å². The Balaban J connectivity index is 1.38. The number of halogens is 1. The minimum atomic E-state index is -0.484. The Morgan fingerprint density at radius 2 is 1.92 bits per heavy atom. The lowest BCUT2D eigenvalue weighted by Crippen LogP contribution is -2.61. The van der Waals surface area contributed by atoms with Crippen LogP contribution in [-0.4, -0.2) is 45.7 Å². The van der Waals surface area contributed by atoms with Gasteiger partial charge in [0.1, 0.15) is 11.4 Å². The van der Waals surface area contributed by atoms with Crippen molar-refractivity contribution in [1.29, 1.82) is 0 Å². The molecule has 1 aromatic heterocycles. The van der Waals surface area contributed by atoms with Crippen molar-refractivity contribution in [2.24, 2.45) is 17.8 Å². The lowest BCUT2D eigenvalue weighted by molar-refractivity contribution is -0.136. The second-order valence-corrected chi connectivity index (χ2v) is 9.10. The summed E-state index contributed by atoms with van der Waals surface area (Å²) in [6.07, 6.45) is 8.61. The molecule has 0 radical (unpaired) electrons. The van der Waals surface area contributed by atoms with Crippen LogP contribution in [0.2, 0.25) is 5.28 Å². The molecule has 5 aliphatic rings. The topological polar surface area (TPSA) is 78.3 Å². The van der Waals surface area contributed by atoms with E-state index in [4.69, 9.17) is 11.6 Å². The van der Waals surface area contributed by atoms with E-state index < -0.39 is 5.60 Å². The van der Waals surface area contributed by atoms with Crippen LogP contribution in [-0.2, 0) is 0 Å². The molecular formula is C19H25ClN4O2. The Bertz CT molecular complexity index is 720. The van der Waals surface area contributed by atoms with Crippen LogP contribution in [0.4, 0.5) is 5.82 Å². The molecular weight excluding hydrogens is 352 g/mol. The Labute approximate surface area is 158 Å². The number of carbonyl (C=O) groups is 1. The van der Waals surface area contributed by atoms with E-state index in [1.165, 1.54) is 0 Å². The predicted molar refractivity (Wildman–Crippen MR) is 98.2 cm³/mol. The SMILES string of the molecule is O=C(N[C@H]1C2CC3CC1C[C@@](O)(C3)C2)c1cnc(Cl)nc1N1CCCC1. The predicted octanol–water partition coefficient (Wildman–Crippen LogP) is 2.40. The first-order valence-electron chi connectivity index (χ1n) is 9.81. The number of aliphatic hydroxyl groups is 1. The monoisotopic (exact) mass is 376 g/mol. The van der Waals surface area contributed by atoms with Crippen LogP contribution in [0, 0.1) is 17.8 Å². The summed E-state index contributed by atoms with van der Waals surface area (Å²) in [5.74, 6) is 1.96. The zero-order valence-corrected chi connectivity index (χ0v) is 15.6. The number of amides is 1. The number of hydrogen-bond acceptors (Lipinski definition) is 5. The van der Waals surface area contributed by atoms with Gasteiger partial charge in [-0.2, -0.15) is 4.98 Å². The van der Waals surface area contributed by atoms with Crippen molar-refractivity contribution in [2.75, 3.05) is 18.0 Å². The minimum absolute atomic E-state index is 0.104. The molecule has 0 spiro atoms. The van der Waals surface area contributed by atoms with Crippen molar-refractivity contribution in [3.63, 3.8) is 0 Å². The number of carbonyl (C=O) groups excluding carboxylic acids is 1. The third kappa shape index (κ3) is 2.78. The zero-order valence-electron chi connectivity index (χ0n) is 14.8. The van der Waals surface area contributed by atoms with Gasteiger partial charge in [0.15, 0.2) is 0 Å². The molecule has 1 aliphatic heterocycles. The van der Waals surface area contributed by atoms with Gasteiger partial charge in [-0.15, -0.1) is 0 Å². The van der Waals surface area contributed by atoms with Gasteiger partial charge in [0.25, 0.3) is 5.91 Å². The molecule has 1 aromatic rings. The Kier molecular flexibility index (Phi) is 3.90. The van der Waals surface area contributed by atoms with E-state index in [1.54, 1.807) is 6.20 Å². The maximum Gasteiger partial charge on any atom is 0.256 e. The fourth-order valence-electron chi connectivity index (χ4n) is 6.13. The van der Waals surface area contributed by atoms with Crippen molar-refractivity contribution in [1.82, 2.24) is 15.3 Å². The van der Waals surface area contributed by atoms with Gasteiger partial charge in [-0.25, -0.2) is 4.98 Å². The molecule has 4 aliphatic carbocycles. The fourth-order valence-corrected chi connectivity index (χ4v) is 6.26.